The summed E-state index contributed by atoms with van der Waals surface area (Å²) in [5.41, 5.74) is 0.327. The molecule has 4 saturated carbocycles. The van der Waals surface area contributed by atoms with Crippen LogP contribution in [0.3, 0.4) is 0 Å². The van der Waals surface area contributed by atoms with Crippen LogP contribution in [0.4, 0.5) is 0 Å². The summed E-state index contributed by atoms with van der Waals surface area (Å²) < 4.78 is 5.89. The minimum absolute atomic E-state index is 0.0314. The molecule has 8 atom stereocenters. The van der Waals surface area contributed by atoms with Crippen molar-refractivity contribution in [3.05, 3.63) is 0 Å². The van der Waals surface area contributed by atoms with Crippen molar-refractivity contribution in [1.29, 1.82) is 0 Å². The third kappa shape index (κ3) is 3.06. The highest BCUT2D eigenvalue weighted by Gasteiger charge is 2.62. The summed E-state index contributed by atoms with van der Waals surface area (Å²) in [6.45, 7) is 8.93. The molecule has 0 radical (unpaired) electrons. The van der Waals surface area contributed by atoms with Crippen LogP contribution >= 0.6 is 11.6 Å². The second kappa shape index (κ2) is 7.00. The van der Waals surface area contributed by atoms with Crippen LogP contribution in [0.5, 0.6) is 0 Å². The lowest BCUT2D eigenvalue weighted by molar-refractivity contribution is -0.148. The summed E-state index contributed by atoms with van der Waals surface area (Å²) in [7, 11) is 0. The number of halogens is 1. The van der Waals surface area contributed by atoms with Gasteiger partial charge in [0.2, 0.25) is 5.60 Å². The third-order valence-electron chi connectivity index (χ3n) is 9.91. The van der Waals surface area contributed by atoms with E-state index in [2.05, 4.69) is 20.8 Å². The molecule has 0 amide bonds. The van der Waals surface area contributed by atoms with Gasteiger partial charge in [-0.2, -0.15) is 0 Å². The van der Waals surface area contributed by atoms with Crippen molar-refractivity contribution in [2.24, 2.45) is 40.4 Å². The number of rotatable bonds is 3. The Kier molecular flexibility index (Phi) is 5.17. The van der Waals surface area contributed by atoms with Gasteiger partial charge in [-0.05, 0) is 86.4 Å². The molecule has 4 rings (SSSR count). The number of Topliss-reactive ketones (excluding diaryl/α,β-unsaturated/α-hetero) is 1. The molecule has 0 aromatic carbocycles. The molecule has 0 saturated heterocycles. The van der Waals surface area contributed by atoms with Gasteiger partial charge >= 0.3 is 5.97 Å². The first-order chi connectivity index (χ1) is 13.1. The molecule has 0 aromatic heterocycles. The maximum Gasteiger partial charge on any atom is 0.498 e. The van der Waals surface area contributed by atoms with E-state index in [-0.39, 0.29) is 22.9 Å². The first-order valence-corrected chi connectivity index (χ1v) is 12.0. The van der Waals surface area contributed by atoms with Gasteiger partial charge in [-0.15, -0.1) is 11.6 Å². The monoisotopic (exact) mass is 409 g/mol. The van der Waals surface area contributed by atoms with E-state index in [0.717, 1.165) is 37.0 Å². The minimum atomic E-state index is -0.285. The van der Waals surface area contributed by atoms with Crippen LogP contribution in [-0.2, 0) is 9.53 Å². The van der Waals surface area contributed by atoms with Gasteiger partial charge in [0.25, 0.3) is 0 Å². The maximum atomic E-state index is 12.3. The van der Waals surface area contributed by atoms with Crippen LogP contribution in [-0.4, -0.2) is 28.0 Å². The van der Waals surface area contributed by atoms with Gasteiger partial charge < -0.3 is 9.53 Å². The lowest BCUT2D eigenvalue weighted by Gasteiger charge is -2.61. The van der Waals surface area contributed by atoms with E-state index in [4.69, 9.17) is 16.3 Å². The summed E-state index contributed by atoms with van der Waals surface area (Å²) in [4.78, 5) is 22.2. The summed E-state index contributed by atoms with van der Waals surface area (Å²) in [6, 6.07) is 0. The molecule has 28 heavy (non-hydrogen) atoms. The Morgan fingerprint density at radius 2 is 1.71 bits per heavy atom. The van der Waals surface area contributed by atoms with E-state index in [9.17, 15) is 9.59 Å². The molecule has 4 aliphatic carbocycles. The highest BCUT2D eigenvalue weighted by Crippen LogP contribution is 2.68. The van der Waals surface area contributed by atoms with Gasteiger partial charge in [0.05, 0.1) is 0 Å². The molecule has 4 aliphatic rings. The van der Waals surface area contributed by atoms with Crippen molar-refractivity contribution >= 4 is 23.4 Å². The van der Waals surface area contributed by atoms with E-state index in [1.807, 2.05) is 6.92 Å². The normalized spacial score (nSPS) is 50.2. The second-order valence-electron chi connectivity index (χ2n) is 11.2. The minimum Gasteiger partial charge on any atom is -0.338 e. The second-order valence-corrected chi connectivity index (χ2v) is 11.5. The fraction of sp³-hybridized carbons (Fsp3) is 0.917. The molecule has 3 nitrogen and oxygen atoms in total. The number of ether oxygens (including phenoxy) is 1. The molecule has 4 fully saturated rings. The highest BCUT2D eigenvalue weighted by atomic mass is 35.5. The number of carbonyl (C=O) groups excluding carboxylic acids is 2. The van der Waals surface area contributed by atoms with E-state index >= 15 is 0 Å². The number of ketones is 1. The maximum absolute atomic E-state index is 12.3. The average Bonchev–Trinajstić information content (AvgIpc) is 2.99. The van der Waals surface area contributed by atoms with Crippen LogP contribution in [0.25, 0.3) is 0 Å². The quantitative estimate of drug-likeness (QED) is 0.338. The molecular formula is C24H38ClO3+. The van der Waals surface area contributed by atoms with Gasteiger partial charge in [0, 0.05) is 25.7 Å². The summed E-state index contributed by atoms with van der Waals surface area (Å²) in [5, 5.41) is 0. The molecule has 158 valence electrons. The largest absolute Gasteiger partial charge is 0.498 e. The lowest BCUT2D eigenvalue weighted by atomic mass is 9.44. The zero-order valence-corrected chi connectivity index (χ0v) is 18.9. The molecule has 1 unspecified atom stereocenters. The van der Waals surface area contributed by atoms with Crippen LogP contribution < -0.4 is 0 Å². The number of hydrogen-bond acceptors (Lipinski definition) is 2. The predicted molar refractivity (Wildman–Crippen MR) is 113 cm³/mol. The Labute approximate surface area is 175 Å². The number of esters is 1. The Bertz CT molecular complexity index is 662. The zero-order valence-electron chi connectivity index (χ0n) is 18.1. The molecule has 1 N–H and O–H groups in total. The summed E-state index contributed by atoms with van der Waals surface area (Å²) in [6.07, 6.45) is 10.6. The number of fused-ring (bicyclic) bond motifs is 5. The Balaban J connectivity index is 1.53. The summed E-state index contributed by atoms with van der Waals surface area (Å²) in [5.74, 6) is 3.70. The molecule has 0 spiro atoms. The number of hydrogen-bond donors (Lipinski definition) is 0. The van der Waals surface area contributed by atoms with Gasteiger partial charge in [-0.25, -0.2) is 0 Å². The smallest absolute Gasteiger partial charge is 0.338 e. The molecule has 0 aliphatic heterocycles. The third-order valence-corrected chi connectivity index (χ3v) is 10.1. The van der Waals surface area contributed by atoms with Crippen LogP contribution in [0.2, 0.25) is 0 Å². The molecule has 0 bridgehead atoms. The zero-order chi connectivity index (χ0) is 20.3. The predicted octanol–water partition coefficient (Wildman–Crippen LogP) is 5.75. The van der Waals surface area contributed by atoms with Crippen molar-refractivity contribution in [3.63, 3.8) is 0 Å². The van der Waals surface area contributed by atoms with Crippen molar-refractivity contribution in [1.82, 2.24) is 0 Å². The SMILES string of the molecule is CC(=O)[C@H]1CC[C@H]2C3CC[C@H]4C[C@](C)(OC(=[OH+])CCl)CC[C@]4(C)[C@H]3CC[C@]12C. The van der Waals surface area contributed by atoms with Crippen molar-refractivity contribution in [2.75, 3.05) is 5.88 Å². The Morgan fingerprint density at radius 1 is 1.00 bits per heavy atom. The van der Waals surface area contributed by atoms with Crippen LogP contribution in [0, 0.1) is 40.4 Å². The number of alkyl halides is 1. The number of carbonyl (C=O) groups is 1. The fourth-order valence-electron chi connectivity index (χ4n) is 8.49. The van der Waals surface area contributed by atoms with Crippen LogP contribution in [0.1, 0.15) is 85.5 Å². The van der Waals surface area contributed by atoms with E-state index < -0.39 is 0 Å². The van der Waals surface area contributed by atoms with E-state index in [1.54, 1.807) is 0 Å². The first kappa shape index (κ1) is 20.7. The lowest BCUT2D eigenvalue weighted by Crippen LogP contribution is -2.56. The van der Waals surface area contributed by atoms with Crippen molar-refractivity contribution in [2.45, 2.75) is 91.1 Å². The van der Waals surface area contributed by atoms with Gasteiger partial charge in [-0.1, -0.05) is 13.8 Å². The van der Waals surface area contributed by atoms with Crippen molar-refractivity contribution in [3.8, 4) is 0 Å². The molecule has 0 heterocycles. The standard InChI is InChI=1S/C24H37ClO3/c1-15(26)18-7-8-19-17-6-5-16-13-22(2,28-21(27)14-25)11-12-23(16,3)20(17)9-10-24(18,19)4/h16-20H,5-14H2,1-4H3/p+1/t16-,17?,18+,19-,20-,22+,23-,24+/m0/s1. The van der Waals surface area contributed by atoms with Gasteiger partial charge in [0.15, 0.2) is 5.88 Å². The van der Waals surface area contributed by atoms with Crippen LogP contribution in [0.15, 0.2) is 0 Å². The fourth-order valence-corrected chi connectivity index (χ4v) is 8.54. The van der Waals surface area contributed by atoms with E-state index in [1.165, 1.54) is 38.5 Å². The van der Waals surface area contributed by atoms with Crippen molar-refractivity contribution < 1.29 is 14.3 Å². The van der Waals surface area contributed by atoms with Gasteiger partial charge in [-0.3, -0.25) is 4.79 Å². The molecule has 4 heteroatoms. The first-order valence-electron chi connectivity index (χ1n) is 11.4. The highest BCUT2D eigenvalue weighted by molar-refractivity contribution is 6.26. The Morgan fingerprint density at radius 3 is 2.39 bits per heavy atom. The van der Waals surface area contributed by atoms with Gasteiger partial charge in [0.1, 0.15) is 5.78 Å². The summed E-state index contributed by atoms with van der Waals surface area (Å²) >= 11 is 5.75. The average molecular weight is 410 g/mol. The van der Waals surface area contributed by atoms with E-state index in [0.29, 0.717) is 23.0 Å². The molecular weight excluding hydrogens is 372 g/mol. The molecule has 0 aromatic rings. The Hall–Kier alpha value is -0.570. The topological polar surface area (TPSA) is 47.7 Å².